The molecule has 104 valence electrons. The van der Waals surface area contributed by atoms with Crippen LogP contribution in [0.15, 0.2) is 18.2 Å². The van der Waals surface area contributed by atoms with Gasteiger partial charge in [-0.2, -0.15) is 5.26 Å². The average Bonchev–Trinajstić information content (AvgIpc) is 3.26. The molecule has 1 aliphatic carbocycles. The molecule has 1 saturated carbocycles. The molecule has 0 aromatic heterocycles. The number of hydrogen-bond acceptors (Lipinski definition) is 3. The average molecular weight is 290 g/mol. The normalized spacial score (nSPS) is 22.7. The van der Waals surface area contributed by atoms with Crippen molar-refractivity contribution in [2.75, 3.05) is 11.4 Å². The molecule has 1 aromatic carbocycles. The Balaban J connectivity index is 1.84. The van der Waals surface area contributed by atoms with Crippen molar-refractivity contribution in [2.45, 2.75) is 37.8 Å². The summed E-state index contributed by atoms with van der Waals surface area (Å²) in [7, 11) is 0. The lowest BCUT2D eigenvalue weighted by Gasteiger charge is -2.33. The molecular formula is C15H16ClN3O. The third-order valence-electron chi connectivity index (χ3n) is 3.82. The number of anilines is 1. The SMILES string of the molecule is N#Cc1ccc(Cl)c(N2CCCC(NC3CC3)C2=O)c1. The van der Waals surface area contributed by atoms with Gasteiger partial charge in [0.05, 0.1) is 28.4 Å². The second-order valence-corrected chi connectivity index (χ2v) is 5.81. The minimum Gasteiger partial charge on any atom is -0.310 e. The number of halogens is 1. The van der Waals surface area contributed by atoms with Crippen LogP contribution in [0.5, 0.6) is 0 Å². The third-order valence-corrected chi connectivity index (χ3v) is 4.14. The topological polar surface area (TPSA) is 56.1 Å². The molecule has 2 fully saturated rings. The number of carbonyl (C=O) groups is 1. The number of amides is 1. The van der Waals surface area contributed by atoms with E-state index in [2.05, 4.69) is 11.4 Å². The van der Waals surface area contributed by atoms with Crippen LogP contribution in [0.2, 0.25) is 5.02 Å². The first-order valence-electron chi connectivity index (χ1n) is 6.96. The van der Waals surface area contributed by atoms with E-state index >= 15 is 0 Å². The molecule has 20 heavy (non-hydrogen) atoms. The van der Waals surface area contributed by atoms with E-state index < -0.39 is 0 Å². The van der Waals surface area contributed by atoms with Crippen molar-refractivity contribution < 1.29 is 4.79 Å². The Hall–Kier alpha value is -1.57. The molecule has 1 heterocycles. The maximum Gasteiger partial charge on any atom is 0.244 e. The molecule has 0 radical (unpaired) electrons. The van der Waals surface area contributed by atoms with E-state index in [1.54, 1.807) is 23.1 Å². The minimum absolute atomic E-state index is 0.0696. The Morgan fingerprint density at radius 1 is 1.35 bits per heavy atom. The van der Waals surface area contributed by atoms with Crippen molar-refractivity contribution in [1.82, 2.24) is 5.32 Å². The number of benzene rings is 1. The van der Waals surface area contributed by atoms with Crippen molar-refractivity contribution in [3.05, 3.63) is 28.8 Å². The van der Waals surface area contributed by atoms with Crippen molar-refractivity contribution in [3.8, 4) is 6.07 Å². The smallest absolute Gasteiger partial charge is 0.244 e. The maximum absolute atomic E-state index is 12.6. The van der Waals surface area contributed by atoms with Crippen LogP contribution in [0.4, 0.5) is 5.69 Å². The van der Waals surface area contributed by atoms with Gasteiger partial charge in [0.25, 0.3) is 0 Å². The first kappa shape index (κ1) is 13.4. The van der Waals surface area contributed by atoms with E-state index in [-0.39, 0.29) is 11.9 Å². The van der Waals surface area contributed by atoms with Crippen molar-refractivity contribution >= 4 is 23.2 Å². The Kier molecular flexibility index (Phi) is 3.64. The lowest BCUT2D eigenvalue weighted by atomic mass is 10.0. The summed E-state index contributed by atoms with van der Waals surface area (Å²) in [5, 5.41) is 12.9. The predicted molar refractivity (Wildman–Crippen MR) is 77.7 cm³/mol. The van der Waals surface area contributed by atoms with E-state index in [9.17, 15) is 4.79 Å². The molecule has 1 unspecified atom stereocenters. The Morgan fingerprint density at radius 3 is 2.85 bits per heavy atom. The molecular weight excluding hydrogens is 274 g/mol. The number of nitrogens with zero attached hydrogens (tertiary/aromatic N) is 2. The summed E-state index contributed by atoms with van der Waals surface area (Å²) >= 11 is 6.19. The molecule has 0 bridgehead atoms. The standard InChI is InChI=1S/C15H16ClN3O/c16-12-6-3-10(9-17)8-14(12)19-7-1-2-13(15(19)20)18-11-4-5-11/h3,6,8,11,13,18H,1-2,4-5,7H2. The van der Waals surface area contributed by atoms with E-state index in [0.717, 1.165) is 25.7 Å². The van der Waals surface area contributed by atoms with Gasteiger partial charge < -0.3 is 10.2 Å². The van der Waals surface area contributed by atoms with Gasteiger partial charge in [-0.3, -0.25) is 4.79 Å². The van der Waals surface area contributed by atoms with Gasteiger partial charge in [0, 0.05) is 12.6 Å². The van der Waals surface area contributed by atoms with Crippen molar-refractivity contribution in [1.29, 1.82) is 5.26 Å². The minimum atomic E-state index is -0.113. The van der Waals surface area contributed by atoms with E-state index in [0.29, 0.717) is 28.9 Å². The zero-order valence-corrected chi connectivity index (χ0v) is 11.9. The fraction of sp³-hybridized carbons (Fsp3) is 0.467. The van der Waals surface area contributed by atoms with Gasteiger partial charge >= 0.3 is 0 Å². The Morgan fingerprint density at radius 2 is 2.15 bits per heavy atom. The molecule has 1 amide bonds. The molecule has 3 rings (SSSR count). The van der Waals surface area contributed by atoms with Crippen LogP contribution in [-0.2, 0) is 4.79 Å². The van der Waals surface area contributed by atoms with Gasteiger partial charge in [-0.05, 0) is 43.9 Å². The fourth-order valence-electron chi connectivity index (χ4n) is 2.59. The number of piperidine rings is 1. The second kappa shape index (κ2) is 5.43. The second-order valence-electron chi connectivity index (χ2n) is 5.40. The van der Waals surface area contributed by atoms with Gasteiger partial charge in [-0.15, -0.1) is 0 Å². The number of nitriles is 1. The monoisotopic (exact) mass is 289 g/mol. The van der Waals surface area contributed by atoms with Crippen LogP contribution in [0.1, 0.15) is 31.2 Å². The number of carbonyl (C=O) groups excluding carboxylic acids is 1. The van der Waals surface area contributed by atoms with Crippen LogP contribution in [0, 0.1) is 11.3 Å². The summed E-state index contributed by atoms with van der Waals surface area (Å²) in [5.74, 6) is 0.0696. The zero-order valence-electron chi connectivity index (χ0n) is 11.1. The summed E-state index contributed by atoms with van der Waals surface area (Å²) in [5.41, 5.74) is 1.17. The Labute approximate surface area is 123 Å². The van der Waals surface area contributed by atoms with Gasteiger partial charge in [0.2, 0.25) is 5.91 Å². The first-order valence-corrected chi connectivity index (χ1v) is 7.34. The van der Waals surface area contributed by atoms with Crippen molar-refractivity contribution in [2.24, 2.45) is 0 Å². The highest BCUT2D eigenvalue weighted by molar-refractivity contribution is 6.34. The molecule has 5 heteroatoms. The summed E-state index contributed by atoms with van der Waals surface area (Å²) in [4.78, 5) is 14.3. The van der Waals surface area contributed by atoms with E-state index in [1.807, 2.05) is 0 Å². The molecule has 1 N–H and O–H groups in total. The predicted octanol–water partition coefficient (Wildman–Crippen LogP) is 2.46. The van der Waals surface area contributed by atoms with Gasteiger partial charge in [0.15, 0.2) is 0 Å². The van der Waals surface area contributed by atoms with Crippen LogP contribution in [0.25, 0.3) is 0 Å². The van der Waals surface area contributed by atoms with Crippen LogP contribution in [-0.4, -0.2) is 24.5 Å². The van der Waals surface area contributed by atoms with E-state index in [4.69, 9.17) is 16.9 Å². The summed E-state index contributed by atoms with van der Waals surface area (Å²) in [6, 6.07) is 7.52. The number of hydrogen-bond donors (Lipinski definition) is 1. The highest BCUT2D eigenvalue weighted by atomic mass is 35.5. The lowest BCUT2D eigenvalue weighted by molar-refractivity contribution is -0.121. The molecule has 1 saturated heterocycles. The molecule has 0 spiro atoms. The van der Waals surface area contributed by atoms with Crippen molar-refractivity contribution in [3.63, 3.8) is 0 Å². The molecule has 4 nitrogen and oxygen atoms in total. The fourth-order valence-corrected chi connectivity index (χ4v) is 2.81. The van der Waals surface area contributed by atoms with E-state index in [1.165, 1.54) is 0 Å². The number of nitrogens with one attached hydrogen (secondary N) is 1. The maximum atomic E-state index is 12.6. The van der Waals surface area contributed by atoms with Gasteiger partial charge in [-0.1, -0.05) is 11.6 Å². The largest absolute Gasteiger partial charge is 0.310 e. The van der Waals surface area contributed by atoms with Gasteiger partial charge in [0.1, 0.15) is 0 Å². The zero-order chi connectivity index (χ0) is 14.1. The summed E-state index contributed by atoms with van der Waals surface area (Å²) in [6.45, 7) is 0.663. The third kappa shape index (κ3) is 2.65. The molecule has 1 atom stereocenters. The Bertz CT molecular complexity index is 577. The highest BCUT2D eigenvalue weighted by Crippen LogP contribution is 2.31. The lowest BCUT2D eigenvalue weighted by Crippen LogP contribution is -2.51. The first-order chi connectivity index (χ1) is 9.69. The molecule has 1 aliphatic heterocycles. The molecule has 1 aromatic rings. The summed E-state index contributed by atoms with van der Waals surface area (Å²) in [6.07, 6.45) is 4.15. The van der Waals surface area contributed by atoms with Crippen LogP contribution < -0.4 is 10.2 Å². The van der Waals surface area contributed by atoms with Crippen LogP contribution in [0.3, 0.4) is 0 Å². The quantitative estimate of drug-likeness (QED) is 0.930. The molecule has 2 aliphatic rings. The summed E-state index contributed by atoms with van der Waals surface area (Å²) < 4.78 is 0. The number of rotatable bonds is 3. The van der Waals surface area contributed by atoms with Gasteiger partial charge in [-0.25, -0.2) is 0 Å². The highest BCUT2D eigenvalue weighted by Gasteiger charge is 2.34. The van der Waals surface area contributed by atoms with Crippen LogP contribution >= 0.6 is 11.6 Å².